The number of nitrogens with zero attached hydrogens (tertiary/aromatic N) is 7. The fraction of sp³-hybridized carbons (Fsp3) is 0.111. The van der Waals surface area contributed by atoms with E-state index in [2.05, 4.69) is 40.8 Å². The zero-order valence-corrected chi connectivity index (χ0v) is 10.9. The van der Waals surface area contributed by atoms with E-state index in [0.717, 1.165) is 4.88 Å². The van der Waals surface area contributed by atoms with Crippen LogP contribution in [0.4, 0.5) is 11.9 Å². The Labute approximate surface area is 117 Å². The van der Waals surface area contributed by atoms with E-state index in [0.29, 0.717) is 18.4 Å². The average molecular weight is 290 g/mol. The Morgan fingerprint density at radius 2 is 2.10 bits per heavy atom. The van der Waals surface area contributed by atoms with Gasteiger partial charge in [0.25, 0.3) is 5.95 Å². The van der Waals surface area contributed by atoms with Crippen molar-refractivity contribution in [3.05, 3.63) is 29.2 Å². The van der Waals surface area contributed by atoms with Gasteiger partial charge in [-0.3, -0.25) is 10.4 Å². The Morgan fingerprint density at radius 3 is 2.80 bits per heavy atom. The minimum atomic E-state index is 0.234. The smallest absolute Gasteiger partial charge is 0.258 e. The number of nitrogens with two attached hydrogens (primary N) is 1. The van der Waals surface area contributed by atoms with Crippen LogP contribution in [0, 0.1) is 0 Å². The number of thiazole rings is 1. The summed E-state index contributed by atoms with van der Waals surface area (Å²) >= 11 is 1.54. The number of anilines is 2. The molecule has 11 heteroatoms. The minimum Gasteiger partial charge on any atom is -0.349 e. The van der Waals surface area contributed by atoms with E-state index in [1.807, 2.05) is 0 Å². The molecule has 0 fully saturated rings. The molecule has 3 aromatic heterocycles. The molecule has 20 heavy (non-hydrogen) atoms. The number of hydrogen-bond acceptors (Lipinski definition) is 10. The third kappa shape index (κ3) is 2.67. The molecule has 0 unspecified atom stereocenters. The van der Waals surface area contributed by atoms with Crippen LogP contribution in [0.15, 0.2) is 24.4 Å². The van der Waals surface area contributed by atoms with E-state index >= 15 is 0 Å². The van der Waals surface area contributed by atoms with Crippen LogP contribution >= 0.6 is 11.3 Å². The fourth-order valence-electron chi connectivity index (χ4n) is 1.42. The zero-order valence-electron chi connectivity index (χ0n) is 10.1. The van der Waals surface area contributed by atoms with Gasteiger partial charge in [0.2, 0.25) is 11.9 Å². The van der Waals surface area contributed by atoms with Gasteiger partial charge in [-0.05, 0) is 0 Å². The molecule has 10 nitrogen and oxygen atoms in total. The second kappa shape index (κ2) is 5.54. The maximum Gasteiger partial charge on any atom is 0.258 e. The molecule has 0 saturated carbocycles. The van der Waals surface area contributed by atoms with Crippen LogP contribution in [0.2, 0.25) is 0 Å². The van der Waals surface area contributed by atoms with Gasteiger partial charge in [0.05, 0.1) is 12.1 Å². The van der Waals surface area contributed by atoms with Crippen LogP contribution < -0.4 is 16.6 Å². The van der Waals surface area contributed by atoms with E-state index in [1.54, 1.807) is 23.0 Å². The highest BCUT2D eigenvalue weighted by atomic mass is 32.1. The molecule has 0 amide bonds. The van der Waals surface area contributed by atoms with E-state index in [4.69, 9.17) is 5.84 Å². The van der Waals surface area contributed by atoms with Gasteiger partial charge in [-0.2, -0.15) is 24.7 Å². The summed E-state index contributed by atoms with van der Waals surface area (Å²) < 4.78 is 1.42. The van der Waals surface area contributed by atoms with Gasteiger partial charge in [0.15, 0.2) is 0 Å². The van der Waals surface area contributed by atoms with Crippen LogP contribution in [0.5, 0.6) is 0 Å². The highest BCUT2D eigenvalue weighted by Crippen LogP contribution is 2.11. The maximum absolute atomic E-state index is 5.35. The molecule has 3 aromatic rings. The number of nitrogens with one attached hydrogen (secondary N) is 2. The van der Waals surface area contributed by atoms with Gasteiger partial charge in [-0.1, -0.05) is 0 Å². The molecular weight excluding hydrogens is 280 g/mol. The van der Waals surface area contributed by atoms with Crippen molar-refractivity contribution in [1.29, 1.82) is 0 Å². The van der Waals surface area contributed by atoms with Gasteiger partial charge in [-0.15, -0.1) is 11.3 Å². The fourth-order valence-corrected chi connectivity index (χ4v) is 1.95. The summed E-state index contributed by atoms with van der Waals surface area (Å²) in [7, 11) is 0. The van der Waals surface area contributed by atoms with Gasteiger partial charge in [-0.25, -0.2) is 10.8 Å². The second-order valence-corrected chi connectivity index (χ2v) is 4.56. The monoisotopic (exact) mass is 290 g/mol. The number of hydrazine groups is 1. The van der Waals surface area contributed by atoms with Gasteiger partial charge in [0.1, 0.15) is 12.7 Å². The quantitative estimate of drug-likeness (QED) is 0.431. The van der Waals surface area contributed by atoms with E-state index in [1.165, 1.54) is 17.3 Å². The molecule has 0 spiro atoms. The van der Waals surface area contributed by atoms with Crippen molar-refractivity contribution >= 4 is 23.2 Å². The van der Waals surface area contributed by atoms with Crippen molar-refractivity contribution in [2.24, 2.45) is 5.84 Å². The Hall–Kier alpha value is -2.66. The highest BCUT2D eigenvalue weighted by molar-refractivity contribution is 7.09. The number of rotatable bonds is 5. The molecule has 0 aliphatic carbocycles. The predicted octanol–water partition coefficient (Wildman–Crippen LogP) is -0.194. The predicted molar refractivity (Wildman–Crippen MR) is 72.0 cm³/mol. The first-order valence-corrected chi connectivity index (χ1v) is 6.42. The standard InChI is InChI=1S/C9H10N10S/c10-18-8-15-7(13-2-6-1-11-5-20-6)16-9(17-8)19-4-12-3-14-19/h1,3-5H,2,10H2,(H2,13,15,16,17,18). The Kier molecular flexibility index (Phi) is 3.43. The van der Waals surface area contributed by atoms with E-state index in [9.17, 15) is 0 Å². The van der Waals surface area contributed by atoms with Crippen LogP contribution in [0.25, 0.3) is 5.95 Å². The second-order valence-electron chi connectivity index (χ2n) is 3.59. The lowest BCUT2D eigenvalue weighted by molar-refractivity contribution is 0.794. The normalized spacial score (nSPS) is 10.4. The highest BCUT2D eigenvalue weighted by Gasteiger charge is 2.08. The largest absolute Gasteiger partial charge is 0.349 e. The first kappa shape index (κ1) is 12.4. The van der Waals surface area contributed by atoms with Crippen molar-refractivity contribution in [3.8, 4) is 5.95 Å². The molecule has 0 radical (unpaired) electrons. The van der Waals surface area contributed by atoms with Crippen LogP contribution in [0.3, 0.4) is 0 Å². The molecule has 0 atom stereocenters. The molecule has 0 aliphatic heterocycles. The van der Waals surface area contributed by atoms with Crippen LogP contribution in [-0.2, 0) is 6.54 Å². The molecule has 0 aliphatic rings. The van der Waals surface area contributed by atoms with Gasteiger partial charge in [0, 0.05) is 11.1 Å². The van der Waals surface area contributed by atoms with E-state index < -0.39 is 0 Å². The third-order valence-electron chi connectivity index (χ3n) is 2.28. The molecule has 3 rings (SSSR count). The maximum atomic E-state index is 5.35. The topological polar surface area (TPSA) is 132 Å². The number of hydrogen-bond donors (Lipinski definition) is 3. The Balaban J connectivity index is 1.84. The third-order valence-corrected chi connectivity index (χ3v) is 3.06. The summed E-state index contributed by atoms with van der Waals surface area (Å²) in [5, 5.41) is 7.04. The van der Waals surface area contributed by atoms with Crippen molar-refractivity contribution in [3.63, 3.8) is 0 Å². The molecule has 3 heterocycles. The number of nitrogen functional groups attached to an aromatic ring is 1. The first-order chi connectivity index (χ1) is 9.85. The lowest BCUT2D eigenvalue weighted by Gasteiger charge is -2.07. The van der Waals surface area contributed by atoms with Crippen LogP contribution in [0.1, 0.15) is 4.88 Å². The van der Waals surface area contributed by atoms with Crippen molar-refractivity contribution < 1.29 is 0 Å². The van der Waals surface area contributed by atoms with Crippen LogP contribution in [-0.4, -0.2) is 34.7 Å². The molecule has 0 saturated heterocycles. The minimum absolute atomic E-state index is 0.234. The molecule has 102 valence electrons. The first-order valence-electron chi connectivity index (χ1n) is 5.54. The van der Waals surface area contributed by atoms with Gasteiger partial charge < -0.3 is 5.32 Å². The summed E-state index contributed by atoms with van der Waals surface area (Å²) in [5.74, 6) is 6.28. The summed E-state index contributed by atoms with van der Waals surface area (Å²) in [6, 6.07) is 0. The zero-order chi connectivity index (χ0) is 13.8. The molecule has 4 N–H and O–H groups in total. The van der Waals surface area contributed by atoms with Crippen molar-refractivity contribution in [1.82, 2.24) is 34.7 Å². The Morgan fingerprint density at radius 1 is 1.20 bits per heavy atom. The van der Waals surface area contributed by atoms with Crippen molar-refractivity contribution in [2.45, 2.75) is 6.54 Å². The summed E-state index contributed by atoms with van der Waals surface area (Å²) in [6.45, 7) is 0.565. The van der Waals surface area contributed by atoms with E-state index in [-0.39, 0.29) is 5.95 Å². The Bertz CT molecular complexity index is 664. The van der Waals surface area contributed by atoms with Crippen molar-refractivity contribution in [2.75, 3.05) is 10.7 Å². The van der Waals surface area contributed by atoms with Gasteiger partial charge >= 0.3 is 0 Å². The lowest BCUT2D eigenvalue weighted by Crippen LogP contribution is -2.16. The average Bonchev–Trinajstić information content (AvgIpc) is 3.17. The summed E-state index contributed by atoms with van der Waals surface area (Å²) in [4.78, 5) is 21.4. The molecular formula is C9H10N10S. The summed E-state index contributed by atoms with van der Waals surface area (Å²) in [6.07, 6.45) is 4.66. The lowest BCUT2D eigenvalue weighted by atomic mass is 10.5. The SMILES string of the molecule is NNc1nc(NCc2cncs2)nc(-n2cncn2)n1. The molecule has 0 bridgehead atoms. The number of aromatic nitrogens is 7. The summed E-state index contributed by atoms with van der Waals surface area (Å²) in [5.41, 5.74) is 4.15. The molecule has 0 aromatic carbocycles.